The maximum Gasteiger partial charge on any atom is 0.312 e. The number of hydrogen-bond donors (Lipinski definition) is 1. The summed E-state index contributed by atoms with van der Waals surface area (Å²) in [6.07, 6.45) is 5.31. The number of aryl methyl sites for hydroxylation is 1. The van der Waals surface area contributed by atoms with Crippen LogP contribution in [0.1, 0.15) is 51.1 Å². The maximum atomic E-state index is 11.2. The molecular formula is C12H20N2O2. The lowest BCUT2D eigenvalue weighted by atomic mass is 9.98. The fourth-order valence-electron chi connectivity index (χ4n) is 1.84. The topological polar surface area (TPSA) is 55.1 Å². The molecule has 1 unspecified atom stereocenters. The van der Waals surface area contributed by atoms with Gasteiger partial charge in [0.1, 0.15) is 0 Å². The molecular weight excluding hydrogens is 204 g/mol. The summed E-state index contributed by atoms with van der Waals surface area (Å²) in [4.78, 5) is 11.2. The van der Waals surface area contributed by atoms with Crippen molar-refractivity contribution in [1.82, 2.24) is 9.78 Å². The molecule has 0 spiro atoms. The van der Waals surface area contributed by atoms with Gasteiger partial charge in [0.25, 0.3) is 0 Å². The van der Waals surface area contributed by atoms with Gasteiger partial charge in [-0.05, 0) is 18.9 Å². The highest BCUT2D eigenvalue weighted by Gasteiger charge is 2.22. The Morgan fingerprint density at radius 2 is 2.25 bits per heavy atom. The van der Waals surface area contributed by atoms with Gasteiger partial charge in [0.2, 0.25) is 0 Å². The van der Waals surface area contributed by atoms with E-state index >= 15 is 0 Å². The Hall–Kier alpha value is -1.32. The SMILES string of the molecule is CCCCC(C(=O)O)c1ccnn1CCC. The Bertz CT molecular complexity index is 334. The average Bonchev–Trinajstić information content (AvgIpc) is 2.67. The zero-order valence-electron chi connectivity index (χ0n) is 10.0. The Morgan fingerprint density at radius 3 is 2.81 bits per heavy atom. The van der Waals surface area contributed by atoms with Gasteiger partial charge in [-0.15, -0.1) is 0 Å². The first kappa shape index (κ1) is 12.7. The van der Waals surface area contributed by atoms with E-state index in [9.17, 15) is 9.90 Å². The molecule has 0 aliphatic rings. The summed E-state index contributed by atoms with van der Waals surface area (Å²) in [5, 5.41) is 13.4. The molecule has 0 radical (unpaired) electrons. The lowest BCUT2D eigenvalue weighted by Gasteiger charge is -2.13. The van der Waals surface area contributed by atoms with Gasteiger partial charge in [0, 0.05) is 12.7 Å². The van der Waals surface area contributed by atoms with Gasteiger partial charge in [-0.25, -0.2) is 0 Å². The molecule has 0 saturated heterocycles. The number of carboxylic acids is 1. The Balaban J connectivity index is 2.83. The predicted molar refractivity (Wildman–Crippen MR) is 62.4 cm³/mol. The fraction of sp³-hybridized carbons (Fsp3) is 0.667. The van der Waals surface area contributed by atoms with Gasteiger partial charge in [-0.3, -0.25) is 9.48 Å². The molecule has 0 saturated carbocycles. The van der Waals surface area contributed by atoms with E-state index in [1.807, 2.05) is 10.7 Å². The Morgan fingerprint density at radius 1 is 1.50 bits per heavy atom. The van der Waals surface area contributed by atoms with Crippen molar-refractivity contribution < 1.29 is 9.90 Å². The molecule has 90 valence electrons. The van der Waals surface area contributed by atoms with E-state index in [1.165, 1.54) is 0 Å². The molecule has 0 bridgehead atoms. The van der Waals surface area contributed by atoms with Crippen LogP contribution in [0.25, 0.3) is 0 Å². The van der Waals surface area contributed by atoms with Gasteiger partial charge in [-0.2, -0.15) is 5.10 Å². The summed E-state index contributed by atoms with van der Waals surface area (Å²) in [6.45, 7) is 4.92. The Labute approximate surface area is 96.3 Å². The van der Waals surface area contributed by atoms with E-state index < -0.39 is 11.9 Å². The lowest BCUT2D eigenvalue weighted by molar-refractivity contribution is -0.139. The average molecular weight is 224 g/mol. The minimum atomic E-state index is -0.744. The van der Waals surface area contributed by atoms with Crippen LogP contribution in [-0.4, -0.2) is 20.9 Å². The highest BCUT2D eigenvalue weighted by molar-refractivity contribution is 5.75. The number of carbonyl (C=O) groups is 1. The number of hydrogen-bond acceptors (Lipinski definition) is 2. The third kappa shape index (κ3) is 3.08. The van der Waals surface area contributed by atoms with Crippen LogP contribution in [0, 0.1) is 0 Å². The van der Waals surface area contributed by atoms with E-state index in [0.29, 0.717) is 6.42 Å². The molecule has 0 aliphatic heterocycles. The van der Waals surface area contributed by atoms with Crippen LogP contribution in [-0.2, 0) is 11.3 Å². The number of aromatic nitrogens is 2. The minimum absolute atomic E-state index is 0.408. The van der Waals surface area contributed by atoms with Crippen LogP contribution in [0.2, 0.25) is 0 Å². The van der Waals surface area contributed by atoms with Crippen molar-refractivity contribution >= 4 is 5.97 Å². The molecule has 1 N–H and O–H groups in total. The van der Waals surface area contributed by atoms with Crippen molar-refractivity contribution in [2.24, 2.45) is 0 Å². The van der Waals surface area contributed by atoms with E-state index in [1.54, 1.807) is 6.20 Å². The molecule has 1 rings (SSSR count). The predicted octanol–water partition coefficient (Wildman–Crippen LogP) is 2.65. The molecule has 0 aromatic carbocycles. The van der Waals surface area contributed by atoms with Crippen molar-refractivity contribution in [1.29, 1.82) is 0 Å². The normalized spacial score (nSPS) is 12.6. The van der Waals surface area contributed by atoms with E-state index in [2.05, 4.69) is 18.9 Å². The fourth-order valence-corrected chi connectivity index (χ4v) is 1.84. The summed E-state index contributed by atoms with van der Waals surface area (Å²) in [6, 6.07) is 1.82. The number of carboxylic acid groups (broad SMARTS) is 1. The zero-order valence-corrected chi connectivity index (χ0v) is 10.0. The number of nitrogens with zero attached hydrogens (tertiary/aromatic N) is 2. The maximum absolute atomic E-state index is 11.2. The smallest absolute Gasteiger partial charge is 0.312 e. The van der Waals surface area contributed by atoms with Gasteiger partial charge in [0.05, 0.1) is 11.6 Å². The molecule has 4 nitrogen and oxygen atoms in total. The summed E-state index contributed by atoms with van der Waals surface area (Å²) in [5.74, 6) is -1.15. The third-order valence-electron chi connectivity index (χ3n) is 2.69. The summed E-state index contributed by atoms with van der Waals surface area (Å²) < 4.78 is 1.81. The monoisotopic (exact) mass is 224 g/mol. The van der Waals surface area contributed by atoms with E-state index in [0.717, 1.165) is 31.5 Å². The first-order valence-electron chi connectivity index (χ1n) is 5.95. The van der Waals surface area contributed by atoms with Crippen molar-refractivity contribution in [2.45, 2.75) is 52.0 Å². The van der Waals surface area contributed by atoms with Crippen molar-refractivity contribution in [3.63, 3.8) is 0 Å². The van der Waals surface area contributed by atoms with Crippen LogP contribution in [0.5, 0.6) is 0 Å². The molecule has 1 atom stereocenters. The van der Waals surface area contributed by atoms with E-state index in [4.69, 9.17) is 0 Å². The minimum Gasteiger partial charge on any atom is -0.481 e. The number of aliphatic carboxylic acids is 1. The van der Waals surface area contributed by atoms with Gasteiger partial charge in [-0.1, -0.05) is 26.7 Å². The second kappa shape index (κ2) is 6.30. The van der Waals surface area contributed by atoms with Gasteiger partial charge in [0.15, 0.2) is 0 Å². The van der Waals surface area contributed by atoms with Crippen LogP contribution < -0.4 is 0 Å². The first-order valence-corrected chi connectivity index (χ1v) is 5.95. The second-order valence-corrected chi connectivity index (χ2v) is 4.01. The molecule has 0 aliphatic carbocycles. The standard InChI is InChI=1S/C12H20N2O2/c1-3-5-6-10(12(15)16)11-7-8-13-14(11)9-4-2/h7-8,10H,3-6,9H2,1-2H3,(H,15,16). The second-order valence-electron chi connectivity index (χ2n) is 4.01. The lowest BCUT2D eigenvalue weighted by Crippen LogP contribution is -2.17. The highest BCUT2D eigenvalue weighted by atomic mass is 16.4. The van der Waals surface area contributed by atoms with Crippen LogP contribution in [0.4, 0.5) is 0 Å². The van der Waals surface area contributed by atoms with Gasteiger partial charge < -0.3 is 5.11 Å². The summed E-state index contributed by atoms with van der Waals surface area (Å²) >= 11 is 0. The van der Waals surface area contributed by atoms with Crippen molar-refractivity contribution in [3.05, 3.63) is 18.0 Å². The molecule has 0 fully saturated rings. The molecule has 1 aromatic heterocycles. The van der Waals surface area contributed by atoms with E-state index in [-0.39, 0.29) is 0 Å². The summed E-state index contributed by atoms with van der Waals surface area (Å²) in [5.41, 5.74) is 0.836. The van der Waals surface area contributed by atoms with Crippen molar-refractivity contribution in [2.75, 3.05) is 0 Å². The summed E-state index contributed by atoms with van der Waals surface area (Å²) in [7, 11) is 0. The van der Waals surface area contributed by atoms with Crippen molar-refractivity contribution in [3.8, 4) is 0 Å². The number of unbranched alkanes of at least 4 members (excludes halogenated alkanes) is 1. The van der Waals surface area contributed by atoms with Crippen LogP contribution in [0.3, 0.4) is 0 Å². The molecule has 16 heavy (non-hydrogen) atoms. The van der Waals surface area contributed by atoms with Crippen LogP contribution in [0.15, 0.2) is 12.3 Å². The highest BCUT2D eigenvalue weighted by Crippen LogP contribution is 2.22. The largest absolute Gasteiger partial charge is 0.481 e. The van der Waals surface area contributed by atoms with Crippen LogP contribution >= 0.6 is 0 Å². The molecule has 1 heterocycles. The molecule has 1 aromatic rings. The molecule has 0 amide bonds. The number of rotatable bonds is 7. The zero-order chi connectivity index (χ0) is 12.0. The molecule has 4 heteroatoms. The Kier molecular flexibility index (Phi) is 5.02. The first-order chi connectivity index (χ1) is 7.70. The van der Waals surface area contributed by atoms with Gasteiger partial charge >= 0.3 is 5.97 Å². The quantitative estimate of drug-likeness (QED) is 0.774. The third-order valence-corrected chi connectivity index (χ3v) is 2.69.